The maximum absolute atomic E-state index is 12.6. The molecule has 1 aromatic carbocycles. The van der Waals surface area contributed by atoms with E-state index in [-0.39, 0.29) is 18.3 Å². The number of carbonyl (C=O) groups excluding carboxylic acids is 1. The second-order valence-corrected chi connectivity index (χ2v) is 6.53. The Hall–Kier alpha value is -1.06. The fourth-order valence-corrected chi connectivity index (χ4v) is 3.69. The lowest BCUT2D eigenvalue weighted by molar-refractivity contribution is -0.0208. The van der Waals surface area contributed by atoms with E-state index in [2.05, 4.69) is 11.8 Å². The molecule has 0 bridgehead atoms. The SMILES string of the molecule is CC1CCN(C(=O)c2ccc(CN)cc2)CC12CCC2.Cl. The van der Waals surface area contributed by atoms with Crippen molar-refractivity contribution in [1.82, 2.24) is 4.90 Å². The molecule has 1 saturated carbocycles. The molecule has 21 heavy (non-hydrogen) atoms. The monoisotopic (exact) mass is 308 g/mol. The number of amides is 1. The summed E-state index contributed by atoms with van der Waals surface area (Å²) < 4.78 is 0. The predicted octanol–water partition coefficient (Wildman–Crippen LogP) is 3.22. The van der Waals surface area contributed by atoms with Gasteiger partial charge in [0.05, 0.1) is 0 Å². The Morgan fingerprint density at radius 2 is 2.00 bits per heavy atom. The Bertz CT molecular complexity index is 496. The van der Waals surface area contributed by atoms with E-state index in [0.717, 1.165) is 36.6 Å². The van der Waals surface area contributed by atoms with Crippen molar-refractivity contribution in [2.24, 2.45) is 17.1 Å². The highest BCUT2D eigenvalue weighted by Gasteiger charge is 2.46. The van der Waals surface area contributed by atoms with E-state index >= 15 is 0 Å². The second-order valence-electron chi connectivity index (χ2n) is 6.53. The summed E-state index contributed by atoms with van der Waals surface area (Å²) in [5, 5.41) is 0. The van der Waals surface area contributed by atoms with Gasteiger partial charge in [0, 0.05) is 25.2 Å². The van der Waals surface area contributed by atoms with Crippen LogP contribution < -0.4 is 5.73 Å². The summed E-state index contributed by atoms with van der Waals surface area (Å²) in [6.45, 7) is 4.74. The minimum absolute atomic E-state index is 0. The topological polar surface area (TPSA) is 46.3 Å². The van der Waals surface area contributed by atoms with Gasteiger partial charge in [0.1, 0.15) is 0 Å². The highest BCUT2D eigenvalue weighted by atomic mass is 35.5. The van der Waals surface area contributed by atoms with E-state index in [1.165, 1.54) is 19.3 Å². The number of nitrogens with zero attached hydrogens (tertiary/aromatic N) is 1. The molecule has 3 nitrogen and oxygen atoms in total. The van der Waals surface area contributed by atoms with Crippen LogP contribution in [0.1, 0.15) is 48.5 Å². The lowest BCUT2D eigenvalue weighted by Crippen LogP contribution is -2.53. The largest absolute Gasteiger partial charge is 0.338 e. The first-order chi connectivity index (χ1) is 9.64. The Labute approximate surface area is 133 Å². The molecular weight excluding hydrogens is 284 g/mol. The molecule has 1 spiro atoms. The van der Waals surface area contributed by atoms with Crippen molar-refractivity contribution in [3.63, 3.8) is 0 Å². The number of hydrogen-bond acceptors (Lipinski definition) is 2. The Balaban J connectivity index is 0.00000161. The number of hydrogen-bond donors (Lipinski definition) is 1. The number of nitrogens with two attached hydrogens (primary N) is 1. The summed E-state index contributed by atoms with van der Waals surface area (Å²) >= 11 is 0. The van der Waals surface area contributed by atoms with Crippen LogP contribution in [0.15, 0.2) is 24.3 Å². The maximum atomic E-state index is 12.6. The van der Waals surface area contributed by atoms with Gasteiger partial charge in [-0.3, -0.25) is 4.79 Å². The van der Waals surface area contributed by atoms with Gasteiger partial charge in [-0.2, -0.15) is 0 Å². The number of likely N-dealkylation sites (tertiary alicyclic amines) is 1. The van der Waals surface area contributed by atoms with Gasteiger partial charge < -0.3 is 10.6 Å². The number of rotatable bonds is 2. The van der Waals surface area contributed by atoms with Gasteiger partial charge in [-0.15, -0.1) is 12.4 Å². The van der Waals surface area contributed by atoms with Gasteiger partial charge in [0.2, 0.25) is 0 Å². The van der Waals surface area contributed by atoms with Gasteiger partial charge >= 0.3 is 0 Å². The number of halogens is 1. The fraction of sp³-hybridized carbons (Fsp3) is 0.588. The minimum atomic E-state index is 0. The number of piperidine rings is 1. The van der Waals surface area contributed by atoms with Crippen LogP contribution in [0, 0.1) is 11.3 Å². The first-order valence-corrected chi connectivity index (χ1v) is 7.73. The van der Waals surface area contributed by atoms with Gasteiger partial charge in [-0.1, -0.05) is 25.5 Å². The number of benzene rings is 1. The fourth-order valence-electron chi connectivity index (χ4n) is 3.69. The molecule has 2 N–H and O–H groups in total. The lowest BCUT2D eigenvalue weighted by atomic mass is 9.59. The van der Waals surface area contributed by atoms with Crippen molar-refractivity contribution in [2.75, 3.05) is 13.1 Å². The molecule has 1 unspecified atom stereocenters. The van der Waals surface area contributed by atoms with Crippen molar-refractivity contribution in [3.05, 3.63) is 35.4 Å². The summed E-state index contributed by atoms with van der Waals surface area (Å²) in [7, 11) is 0. The molecule has 1 atom stereocenters. The quantitative estimate of drug-likeness (QED) is 0.912. The minimum Gasteiger partial charge on any atom is -0.338 e. The highest BCUT2D eigenvalue weighted by molar-refractivity contribution is 5.94. The number of carbonyl (C=O) groups is 1. The van der Waals surface area contributed by atoms with Crippen LogP contribution in [0.5, 0.6) is 0 Å². The van der Waals surface area contributed by atoms with Crippen molar-refractivity contribution < 1.29 is 4.79 Å². The summed E-state index contributed by atoms with van der Waals surface area (Å²) in [6, 6.07) is 7.74. The zero-order valence-corrected chi connectivity index (χ0v) is 13.5. The standard InChI is InChI=1S/C17H24N2O.ClH/c1-13-7-10-19(12-17(13)8-2-9-17)16(20)15-5-3-14(11-18)4-6-15;/h3-6,13H,2,7-12,18H2,1H3;1H. The van der Waals surface area contributed by atoms with Crippen LogP contribution in [-0.2, 0) is 6.54 Å². The van der Waals surface area contributed by atoms with Crippen molar-refractivity contribution in [3.8, 4) is 0 Å². The van der Waals surface area contributed by atoms with Crippen LogP contribution in [-0.4, -0.2) is 23.9 Å². The molecule has 1 aliphatic carbocycles. The summed E-state index contributed by atoms with van der Waals surface area (Å²) in [4.78, 5) is 14.7. The van der Waals surface area contributed by atoms with Gasteiger partial charge in [0.25, 0.3) is 5.91 Å². The smallest absolute Gasteiger partial charge is 0.253 e. The predicted molar refractivity (Wildman–Crippen MR) is 87.5 cm³/mol. The summed E-state index contributed by atoms with van der Waals surface area (Å²) in [5.41, 5.74) is 7.89. The van der Waals surface area contributed by atoms with E-state index in [9.17, 15) is 4.79 Å². The first kappa shape index (κ1) is 16.3. The molecule has 1 heterocycles. The van der Waals surface area contributed by atoms with Crippen molar-refractivity contribution >= 4 is 18.3 Å². The van der Waals surface area contributed by atoms with Gasteiger partial charge in [0.15, 0.2) is 0 Å². The van der Waals surface area contributed by atoms with E-state index < -0.39 is 0 Å². The van der Waals surface area contributed by atoms with Gasteiger partial charge in [-0.25, -0.2) is 0 Å². The molecule has 0 radical (unpaired) electrons. The van der Waals surface area contributed by atoms with E-state index in [1.807, 2.05) is 24.3 Å². The second kappa shape index (κ2) is 6.37. The molecule has 1 saturated heterocycles. The third-order valence-electron chi connectivity index (χ3n) is 5.46. The van der Waals surface area contributed by atoms with E-state index in [1.54, 1.807) is 0 Å². The summed E-state index contributed by atoms with van der Waals surface area (Å²) in [5.74, 6) is 0.951. The molecule has 4 heteroatoms. The van der Waals surface area contributed by atoms with Crippen LogP contribution >= 0.6 is 12.4 Å². The average molecular weight is 309 g/mol. The zero-order chi connectivity index (χ0) is 14.2. The third-order valence-corrected chi connectivity index (χ3v) is 5.46. The Kier molecular flexibility index (Phi) is 4.95. The molecule has 3 rings (SSSR count). The van der Waals surface area contributed by atoms with E-state index in [4.69, 9.17) is 5.73 Å². The summed E-state index contributed by atoms with van der Waals surface area (Å²) in [6.07, 6.45) is 5.07. The molecule has 2 fully saturated rings. The van der Waals surface area contributed by atoms with E-state index in [0.29, 0.717) is 12.0 Å². The van der Waals surface area contributed by atoms with Gasteiger partial charge in [-0.05, 0) is 48.3 Å². The van der Waals surface area contributed by atoms with Crippen LogP contribution in [0.3, 0.4) is 0 Å². The molecule has 0 aromatic heterocycles. The molecule has 2 aliphatic rings. The first-order valence-electron chi connectivity index (χ1n) is 7.73. The average Bonchev–Trinajstić information content (AvgIpc) is 2.45. The zero-order valence-electron chi connectivity index (χ0n) is 12.7. The molecule has 1 aromatic rings. The normalized spacial score (nSPS) is 23.3. The van der Waals surface area contributed by atoms with Crippen LogP contribution in [0.2, 0.25) is 0 Å². The molecule has 116 valence electrons. The maximum Gasteiger partial charge on any atom is 0.253 e. The molecule has 1 amide bonds. The Morgan fingerprint density at radius 1 is 1.33 bits per heavy atom. The Morgan fingerprint density at radius 3 is 2.52 bits per heavy atom. The lowest BCUT2D eigenvalue weighted by Gasteiger charge is -2.53. The third kappa shape index (κ3) is 2.95. The molecule has 1 aliphatic heterocycles. The highest BCUT2D eigenvalue weighted by Crippen LogP contribution is 2.51. The van der Waals surface area contributed by atoms with Crippen molar-refractivity contribution in [1.29, 1.82) is 0 Å². The van der Waals surface area contributed by atoms with Crippen molar-refractivity contribution in [2.45, 2.75) is 39.2 Å². The van der Waals surface area contributed by atoms with Crippen LogP contribution in [0.4, 0.5) is 0 Å². The van der Waals surface area contributed by atoms with Crippen LogP contribution in [0.25, 0.3) is 0 Å². The molecular formula is C17H25ClN2O.